The van der Waals surface area contributed by atoms with Crippen molar-refractivity contribution < 1.29 is 18.0 Å². The van der Waals surface area contributed by atoms with E-state index in [0.29, 0.717) is 5.56 Å². The summed E-state index contributed by atoms with van der Waals surface area (Å²) in [5.41, 5.74) is -0.227. The van der Waals surface area contributed by atoms with E-state index < -0.39 is 17.8 Å². The molecular weight excluding hydrogens is 321 g/mol. The van der Waals surface area contributed by atoms with Gasteiger partial charge in [0.1, 0.15) is 19.2 Å². The average molecular weight is 338 g/mol. The molecule has 1 aromatic heterocycles. The lowest BCUT2D eigenvalue weighted by Gasteiger charge is -2.30. The minimum atomic E-state index is -4.40. The molecule has 0 saturated heterocycles. The highest BCUT2D eigenvalue weighted by Crippen LogP contribution is 2.36. The minimum absolute atomic E-state index is 0.0276. The van der Waals surface area contributed by atoms with Gasteiger partial charge in [0.25, 0.3) is 0 Å². The summed E-state index contributed by atoms with van der Waals surface area (Å²) in [4.78, 5) is 18.1. The van der Waals surface area contributed by atoms with Crippen LogP contribution in [0.3, 0.4) is 0 Å². The molecule has 0 N–H and O–H groups in total. The first kappa shape index (κ1) is 16.5. The molecule has 1 amide bonds. The van der Waals surface area contributed by atoms with E-state index in [1.54, 1.807) is 17.9 Å². The summed E-state index contributed by atoms with van der Waals surface area (Å²) in [5.74, 6) is -0.173. The fourth-order valence-corrected chi connectivity index (χ4v) is 2.76. The van der Waals surface area contributed by atoms with Crippen LogP contribution in [-0.4, -0.2) is 31.6 Å². The molecule has 0 aliphatic heterocycles. The fraction of sp³-hybridized carbons (Fsp3) is 0.438. The van der Waals surface area contributed by atoms with Crippen molar-refractivity contribution in [3.05, 3.63) is 48.0 Å². The maximum Gasteiger partial charge on any atom is 0.416 e. The predicted molar refractivity (Wildman–Crippen MR) is 79.7 cm³/mol. The van der Waals surface area contributed by atoms with Crippen molar-refractivity contribution >= 4 is 5.91 Å². The lowest BCUT2D eigenvalue weighted by Crippen LogP contribution is -2.38. The highest BCUT2D eigenvalue weighted by molar-refractivity contribution is 5.77. The molecule has 3 rings (SSSR count). The van der Waals surface area contributed by atoms with Crippen molar-refractivity contribution in [2.45, 2.75) is 44.6 Å². The van der Waals surface area contributed by atoms with Crippen molar-refractivity contribution in [1.29, 1.82) is 0 Å². The van der Waals surface area contributed by atoms with Gasteiger partial charge in [-0.2, -0.15) is 18.3 Å². The minimum Gasteiger partial charge on any atom is -0.331 e. The van der Waals surface area contributed by atoms with Crippen LogP contribution in [-0.2, 0) is 17.5 Å². The molecule has 1 fully saturated rings. The van der Waals surface area contributed by atoms with Crippen LogP contribution in [0.25, 0.3) is 0 Å². The van der Waals surface area contributed by atoms with Crippen molar-refractivity contribution in [3.8, 4) is 0 Å². The molecule has 1 atom stereocenters. The zero-order valence-electron chi connectivity index (χ0n) is 13.1. The molecule has 1 heterocycles. The lowest BCUT2D eigenvalue weighted by molar-refractivity contribution is -0.137. The van der Waals surface area contributed by atoms with Gasteiger partial charge < -0.3 is 4.90 Å². The third kappa shape index (κ3) is 3.58. The number of nitrogens with zero attached hydrogens (tertiary/aromatic N) is 4. The van der Waals surface area contributed by atoms with E-state index in [9.17, 15) is 18.0 Å². The average Bonchev–Trinajstić information content (AvgIpc) is 3.22. The predicted octanol–water partition coefficient (Wildman–Crippen LogP) is 3.05. The Balaban J connectivity index is 1.82. The SMILES string of the molecule is C[C@H](c1cccc(C(F)(F)F)c1)N(C(=O)Cn1cncn1)C1CC1. The number of carbonyl (C=O) groups is 1. The zero-order chi connectivity index (χ0) is 17.3. The molecular formula is C16H17F3N4O. The summed E-state index contributed by atoms with van der Waals surface area (Å²) < 4.78 is 40.2. The van der Waals surface area contributed by atoms with Gasteiger partial charge in [-0.3, -0.25) is 4.79 Å². The van der Waals surface area contributed by atoms with Gasteiger partial charge in [-0.15, -0.1) is 0 Å². The molecule has 8 heteroatoms. The number of alkyl halides is 3. The Morgan fingerprint density at radius 3 is 2.75 bits per heavy atom. The van der Waals surface area contributed by atoms with E-state index in [-0.39, 0.29) is 18.5 Å². The van der Waals surface area contributed by atoms with Gasteiger partial charge in [0, 0.05) is 6.04 Å². The first-order chi connectivity index (χ1) is 11.4. The van der Waals surface area contributed by atoms with Crippen LogP contribution in [0.4, 0.5) is 13.2 Å². The van der Waals surface area contributed by atoms with Gasteiger partial charge >= 0.3 is 6.18 Å². The third-order valence-electron chi connectivity index (χ3n) is 4.11. The van der Waals surface area contributed by atoms with Gasteiger partial charge in [-0.1, -0.05) is 12.1 Å². The summed E-state index contributed by atoms with van der Waals surface area (Å²) in [6, 6.07) is 4.79. The first-order valence-corrected chi connectivity index (χ1v) is 7.67. The van der Waals surface area contributed by atoms with Gasteiger partial charge in [-0.25, -0.2) is 9.67 Å². The summed E-state index contributed by atoms with van der Waals surface area (Å²) >= 11 is 0. The molecule has 0 unspecified atom stereocenters. The summed E-state index contributed by atoms with van der Waals surface area (Å²) in [6.45, 7) is 1.78. The highest BCUT2D eigenvalue weighted by atomic mass is 19.4. The van der Waals surface area contributed by atoms with Crippen molar-refractivity contribution in [2.75, 3.05) is 0 Å². The van der Waals surface area contributed by atoms with E-state index in [4.69, 9.17) is 0 Å². The van der Waals surface area contributed by atoms with Gasteiger partial charge in [0.15, 0.2) is 0 Å². The number of hydrogen-bond donors (Lipinski definition) is 0. The van der Waals surface area contributed by atoms with Crippen molar-refractivity contribution in [1.82, 2.24) is 19.7 Å². The van der Waals surface area contributed by atoms with E-state index in [1.807, 2.05) is 0 Å². The maximum absolute atomic E-state index is 12.9. The van der Waals surface area contributed by atoms with E-state index in [0.717, 1.165) is 25.0 Å². The van der Waals surface area contributed by atoms with Crippen LogP contribution >= 0.6 is 0 Å². The monoisotopic (exact) mass is 338 g/mol. The smallest absolute Gasteiger partial charge is 0.331 e. The second-order valence-electron chi connectivity index (χ2n) is 5.92. The Kier molecular flexibility index (Phi) is 4.29. The molecule has 1 aliphatic rings. The summed E-state index contributed by atoms with van der Waals surface area (Å²) in [5, 5.41) is 3.91. The molecule has 24 heavy (non-hydrogen) atoms. The summed E-state index contributed by atoms with van der Waals surface area (Å²) in [7, 11) is 0. The Labute approximate surface area is 137 Å². The normalized spacial score (nSPS) is 16.0. The molecule has 0 bridgehead atoms. The second kappa shape index (κ2) is 6.26. The molecule has 0 radical (unpaired) electrons. The van der Waals surface area contributed by atoms with Gasteiger partial charge in [-0.05, 0) is 37.5 Å². The largest absolute Gasteiger partial charge is 0.416 e. The number of halogens is 3. The number of benzene rings is 1. The molecule has 5 nitrogen and oxygen atoms in total. The Hall–Kier alpha value is -2.38. The maximum atomic E-state index is 12.9. The van der Waals surface area contributed by atoms with Gasteiger partial charge in [0.2, 0.25) is 5.91 Å². The van der Waals surface area contributed by atoms with Crippen molar-refractivity contribution in [2.24, 2.45) is 0 Å². The van der Waals surface area contributed by atoms with Crippen LogP contribution < -0.4 is 0 Å². The second-order valence-corrected chi connectivity index (χ2v) is 5.92. The standard InChI is InChI=1S/C16H17F3N4O/c1-11(12-3-2-4-13(7-12)16(17,18)19)23(14-5-6-14)15(24)8-22-10-20-9-21-22/h2-4,7,9-11,14H,5-6,8H2,1H3/t11-/m1/s1. The number of carbonyl (C=O) groups excluding carboxylic acids is 1. The van der Waals surface area contributed by atoms with E-state index in [1.165, 1.54) is 23.4 Å². The van der Waals surface area contributed by atoms with E-state index in [2.05, 4.69) is 10.1 Å². The Morgan fingerprint density at radius 1 is 1.42 bits per heavy atom. The van der Waals surface area contributed by atoms with Crippen LogP contribution in [0.2, 0.25) is 0 Å². The molecule has 0 spiro atoms. The summed E-state index contributed by atoms with van der Waals surface area (Å²) in [6.07, 6.45) is 0.118. The van der Waals surface area contributed by atoms with E-state index >= 15 is 0 Å². The fourth-order valence-electron chi connectivity index (χ4n) is 2.76. The molecule has 128 valence electrons. The first-order valence-electron chi connectivity index (χ1n) is 7.67. The van der Waals surface area contributed by atoms with Crippen molar-refractivity contribution in [3.63, 3.8) is 0 Å². The number of hydrogen-bond acceptors (Lipinski definition) is 3. The quantitative estimate of drug-likeness (QED) is 0.842. The molecule has 2 aromatic rings. The Morgan fingerprint density at radius 2 is 2.17 bits per heavy atom. The van der Waals surface area contributed by atoms with Crippen LogP contribution in [0.1, 0.15) is 36.9 Å². The molecule has 1 aliphatic carbocycles. The molecule has 1 saturated carbocycles. The topological polar surface area (TPSA) is 51.0 Å². The number of aromatic nitrogens is 3. The van der Waals surface area contributed by atoms with Crippen LogP contribution in [0.15, 0.2) is 36.9 Å². The van der Waals surface area contributed by atoms with Gasteiger partial charge in [0.05, 0.1) is 11.6 Å². The number of rotatable bonds is 5. The third-order valence-corrected chi connectivity index (χ3v) is 4.11. The molecule has 1 aromatic carbocycles. The number of amides is 1. The Bertz CT molecular complexity index is 710. The van der Waals surface area contributed by atoms with Crippen LogP contribution in [0, 0.1) is 0 Å². The van der Waals surface area contributed by atoms with Crippen LogP contribution in [0.5, 0.6) is 0 Å². The zero-order valence-corrected chi connectivity index (χ0v) is 13.1. The lowest BCUT2D eigenvalue weighted by atomic mass is 10.0. The highest BCUT2D eigenvalue weighted by Gasteiger charge is 2.37.